The average molecular weight is 282 g/mol. The molecule has 0 aromatic carbocycles. The Morgan fingerprint density at radius 2 is 2.10 bits per heavy atom. The van der Waals surface area contributed by atoms with Gasteiger partial charge in [0.15, 0.2) is 0 Å². The van der Waals surface area contributed by atoms with Crippen molar-refractivity contribution in [3.8, 4) is 0 Å². The Morgan fingerprint density at radius 3 is 2.55 bits per heavy atom. The van der Waals surface area contributed by atoms with E-state index in [1.807, 2.05) is 19.9 Å². The summed E-state index contributed by atoms with van der Waals surface area (Å²) in [4.78, 5) is 33.2. The number of rotatable bonds is 7. The molecule has 0 aliphatic carbocycles. The molecule has 0 saturated heterocycles. The number of hydrogen-bond acceptors (Lipinski definition) is 4. The van der Waals surface area contributed by atoms with E-state index < -0.39 is 30.2 Å². The highest BCUT2D eigenvalue weighted by atomic mass is 16.4. The van der Waals surface area contributed by atoms with Crippen molar-refractivity contribution in [2.45, 2.75) is 39.3 Å². The molecular formula is C12H18N4O4. The van der Waals surface area contributed by atoms with Gasteiger partial charge < -0.3 is 16.2 Å². The first-order valence-corrected chi connectivity index (χ1v) is 6.11. The number of nitrogens with two attached hydrogens (primary N) is 1. The van der Waals surface area contributed by atoms with E-state index in [0.29, 0.717) is 6.54 Å². The fraction of sp³-hybridized carbons (Fsp3) is 0.500. The van der Waals surface area contributed by atoms with Gasteiger partial charge >= 0.3 is 5.97 Å². The number of aromatic nitrogens is 2. The van der Waals surface area contributed by atoms with Crippen LogP contribution in [0.4, 0.5) is 0 Å². The first-order valence-electron chi connectivity index (χ1n) is 6.11. The van der Waals surface area contributed by atoms with E-state index in [9.17, 15) is 14.4 Å². The highest BCUT2D eigenvalue weighted by molar-refractivity contribution is 5.88. The molecule has 0 aliphatic heterocycles. The molecule has 110 valence electrons. The number of hydrogen-bond donors (Lipinski definition) is 3. The summed E-state index contributed by atoms with van der Waals surface area (Å²) in [6.07, 6.45) is -0.356. The maximum atomic E-state index is 11.7. The van der Waals surface area contributed by atoms with Crippen molar-refractivity contribution in [1.82, 2.24) is 15.1 Å². The van der Waals surface area contributed by atoms with Crippen LogP contribution in [0.15, 0.2) is 6.07 Å². The van der Waals surface area contributed by atoms with Crippen molar-refractivity contribution in [1.29, 1.82) is 0 Å². The number of aliphatic carboxylic acids is 1. The number of carboxylic acid groups (broad SMARTS) is 1. The Morgan fingerprint density at radius 1 is 1.45 bits per heavy atom. The van der Waals surface area contributed by atoms with Crippen LogP contribution in [0.25, 0.3) is 0 Å². The van der Waals surface area contributed by atoms with Crippen LogP contribution in [0, 0.1) is 13.8 Å². The van der Waals surface area contributed by atoms with Gasteiger partial charge in [-0.05, 0) is 19.9 Å². The van der Waals surface area contributed by atoms with Crippen molar-refractivity contribution in [3.63, 3.8) is 0 Å². The van der Waals surface area contributed by atoms with E-state index in [2.05, 4.69) is 10.4 Å². The predicted octanol–water partition coefficient (Wildman–Crippen LogP) is -0.665. The first-order chi connectivity index (χ1) is 9.29. The molecule has 1 aromatic heterocycles. The quantitative estimate of drug-likeness (QED) is 0.611. The molecule has 0 bridgehead atoms. The molecule has 1 atom stereocenters. The van der Waals surface area contributed by atoms with E-state index in [0.717, 1.165) is 11.4 Å². The smallest absolute Gasteiger partial charge is 0.326 e. The Bertz CT molecular complexity index is 524. The predicted molar refractivity (Wildman–Crippen MR) is 69.7 cm³/mol. The van der Waals surface area contributed by atoms with E-state index in [4.69, 9.17) is 10.8 Å². The monoisotopic (exact) mass is 282 g/mol. The van der Waals surface area contributed by atoms with Crippen molar-refractivity contribution in [2.24, 2.45) is 5.73 Å². The minimum Gasteiger partial charge on any atom is -0.480 e. The van der Waals surface area contributed by atoms with Crippen molar-refractivity contribution in [3.05, 3.63) is 17.5 Å². The van der Waals surface area contributed by atoms with Crippen LogP contribution >= 0.6 is 0 Å². The molecular weight excluding hydrogens is 264 g/mol. The summed E-state index contributed by atoms with van der Waals surface area (Å²) in [5.74, 6) is -2.54. The Labute approximate surface area is 115 Å². The van der Waals surface area contributed by atoms with E-state index in [-0.39, 0.29) is 6.42 Å². The molecule has 1 heterocycles. The van der Waals surface area contributed by atoms with Crippen LogP contribution in [0.1, 0.15) is 24.2 Å². The van der Waals surface area contributed by atoms with E-state index >= 15 is 0 Å². The standard InChI is InChI=1S/C12H18N4O4/c1-7-5-8(2)16(15-7)4-3-11(18)14-9(12(19)20)6-10(13)17/h5,9H,3-4,6H2,1-2H3,(H2,13,17)(H,14,18)(H,19,20)/t9-/m0/s1. The number of nitrogens with one attached hydrogen (secondary N) is 1. The van der Waals surface area contributed by atoms with Gasteiger partial charge in [-0.2, -0.15) is 5.10 Å². The fourth-order valence-corrected chi connectivity index (χ4v) is 1.78. The molecule has 20 heavy (non-hydrogen) atoms. The lowest BCUT2D eigenvalue weighted by molar-refractivity contribution is -0.143. The molecule has 0 unspecified atom stereocenters. The lowest BCUT2D eigenvalue weighted by Crippen LogP contribution is -2.43. The zero-order valence-electron chi connectivity index (χ0n) is 11.4. The largest absolute Gasteiger partial charge is 0.480 e. The molecule has 0 saturated carbocycles. The second kappa shape index (κ2) is 6.69. The minimum atomic E-state index is -1.29. The Kier molecular flexibility index (Phi) is 5.24. The van der Waals surface area contributed by atoms with Crippen LogP contribution in [0.5, 0.6) is 0 Å². The number of amides is 2. The SMILES string of the molecule is Cc1cc(C)n(CCC(=O)N[C@@H](CC(N)=O)C(=O)O)n1. The molecule has 2 amide bonds. The van der Waals surface area contributed by atoms with Crippen LogP contribution in [-0.4, -0.2) is 38.7 Å². The van der Waals surface area contributed by atoms with Gasteiger partial charge in [0, 0.05) is 18.7 Å². The summed E-state index contributed by atoms with van der Waals surface area (Å²) >= 11 is 0. The van der Waals surface area contributed by atoms with Crippen LogP contribution in [-0.2, 0) is 20.9 Å². The summed E-state index contributed by atoms with van der Waals surface area (Å²) in [6, 6.07) is 0.589. The van der Waals surface area contributed by atoms with Gasteiger partial charge in [-0.25, -0.2) is 4.79 Å². The van der Waals surface area contributed by atoms with Gasteiger partial charge in [-0.15, -0.1) is 0 Å². The zero-order valence-corrected chi connectivity index (χ0v) is 11.4. The van der Waals surface area contributed by atoms with Crippen molar-refractivity contribution in [2.75, 3.05) is 0 Å². The van der Waals surface area contributed by atoms with Crippen LogP contribution in [0.2, 0.25) is 0 Å². The maximum absolute atomic E-state index is 11.7. The Balaban J connectivity index is 2.52. The summed E-state index contributed by atoms with van der Waals surface area (Å²) in [6.45, 7) is 4.05. The van der Waals surface area contributed by atoms with Gasteiger partial charge in [-0.3, -0.25) is 14.3 Å². The summed E-state index contributed by atoms with van der Waals surface area (Å²) in [7, 11) is 0. The molecule has 0 aliphatic rings. The molecule has 8 nitrogen and oxygen atoms in total. The Hall–Kier alpha value is -2.38. The zero-order chi connectivity index (χ0) is 15.3. The third kappa shape index (κ3) is 4.71. The number of aryl methyl sites for hydroxylation is 3. The second-order valence-electron chi connectivity index (χ2n) is 4.53. The molecule has 0 radical (unpaired) electrons. The highest BCUT2D eigenvalue weighted by Gasteiger charge is 2.21. The topological polar surface area (TPSA) is 127 Å². The van der Waals surface area contributed by atoms with Crippen LogP contribution in [0.3, 0.4) is 0 Å². The van der Waals surface area contributed by atoms with Crippen molar-refractivity contribution < 1.29 is 19.5 Å². The van der Waals surface area contributed by atoms with Crippen LogP contribution < -0.4 is 11.1 Å². The number of carbonyl (C=O) groups excluding carboxylic acids is 2. The lowest BCUT2D eigenvalue weighted by atomic mass is 10.2. The third-order valence-corrected chi connectivity index (χ3v) is 2.69. The van der Waals surface area contributed by atoms with Crippen molar-refractivity contribution >= 4 is 17.8 Å². The van der Waals surface area contributed by atoms with Gasteiger partial charge in [-0.1, -0.05) is 0 Å². The molecule has 1 aromatic rings. The minimum absolute atomic E-state index is 0.0739. The molecule has 4 N–H and O–H groups in total. The normalized spacial score (nSPS) is 11.9. The first kappa shape index (κ1) is 15.7. The van der Waals surface area contributed by atoms with Gasteiger partial charge in [0.25, 0.3) is 0 Å². The van der Waals surface area contributed by atoms with E-state index in [1.54, 1.807) is 4.68 Å². The highest BCUT2D eigenvalue weighted by Crippen LogP contribution is 2.03. The molecule has 0 spiro atoms. The number of carbonyl (C=O) groups is 3. The summed E-state index contributed by atoms with van der Waals surface area (Å²) < 4.78 is 1.67. The van der Waals surface area contributed by atoms with Gasteiger partial charge in [0.2, 0.25) is 11.8 Å². The summed E-state index contributed by atoms with van der Waals surface area (Å²) in [5.41, 5.74) is 6.69. The van der Waals surface area contributed by atoms with Gasteiger partial charge in [0.1, 0.15) is 6.04 Å². The number of carboxylic acids is 1. The molecule has 1 rings (SSSR count). The second-order valence-corrected chi connectivity index (χ2v) is 4.53. The lowest BCUT2D eigenvalue weighted by Gasteiger charge is -2.13. The van der Waals surface area contributed by atoms with E-state index in [1.165, 1.54) is 0 Å². The third-order valence-electron chi connectivity index (χ3n) is 2.69. The average Bonchev–Trinajstić information content (AvgIpc) is 2.63. The number of primary amides is 1. The fourth-order valence-electron chi connectivity index (χ4n) is 1.78. The maximum Gasteiger partial charge on any atom is 0.326 e. The molecule has 8 heteroatoms. The number of nitrogens with zero attached hydrogens (tertiary/aromatic N) is 2. The van der Waals surface area contributed by atoms with Gasteiger partial charge in [0.05, 0.1) is 12.1 Å². The molecule has 0 fully saturated rings. The summed E-state index contributed by atoms with van der Waals surface area (Å²) in [5, 5.41) is 15.3.